The van der Waals surface area contributed by atoms with E-state index in [1.807, 2.05) is 19.9 Å². The van der Waals surface area contributed by atoms with Gasteiger partial charge in [0, 0.05) is 42.5 Å². The molecule has 0 saturated carbocycles. The van der Waals surface area contributed by atoms with Gasteiger partial charge in [-0.3, -0.25) is 15.0 Å². The predicted octanol–water partition coefficient (Wildman–Crippen LogP) is 5.37. The van der Waals surface area contributed by atoms with E-state index in [1.54, 1.807) is 15.8 Å². The minimum atomic E-state index is -1.22. The fourth-order valence-corrected chi connectivity index (χ4v) is 9.28. The second-order valence-electron chi connectivity index (χ2n) is 15.2. The van der Waals surface area contributed by atoms with Crippen LogP contribution in [0.1, 0.15) is 68.7 Å². The van der Waals surface area contributed by atoms with Gasteiger partial charge in [0.15, 0.2) is 12.0 Å². The van der Waals surface area contributed by atoms with E-state index in [1.165, 1.54) is 6.07 Å². The molecule has 9 rings (SSSR count). The van der Waals surface area contributed by atoms with Crippen LogP contribution in [0.3, 0.4) is 0 Å². The maximum Gasteiger partial charge on any atom is 0.322 e. The minimum Gasteiger partial charge on any atom is -0.461 e. The maximum atomic E-state index is 17.3. The molecule has 0 radical (unpaired) electrons. The van der Waals surface area contributed by atoms with Gasteiger partial charge in [0.05, 0.1) is 29.4 Å². The highest BCUT2D eigenvalue weighted by atomic mass is 19.1. The third-order valence-corrected chi connectivity index (χ3v) is 12.0. The Hall–Kier alpha value is -4.50. The predicted molar refractivity (Wildman–Crippen MR) is 186 cm³/mol. The van der Waals surface area contributed by atoms with Gasteiger partial charge in [0.2, 0.25) is 0 Å². The van der Waals surface area contributed by atoms with Crippen molar-refractivity contribution in [3.63, 3.8) is 0 Å². The number of rotatable bonds is 6. The number of benzene rings is 2. The van der Waals surface area contributed by atoms with Gasteiger partial charge in [-0.1, -0.05) is 0 Å². The summed E-state index contributed by atoms with van der Waals surface area (Å²) in [7, 11) is 0. The maximum absolute atomic E-state index is 17.3. The van der Waals surface area contributed by atoms with Crippen molar-refractivity contribution in [1.82, 2.24) is 35.3 Å². The van der Waals surface area contributed by atoms with Crippen LogP contribution in [0.4, 0.5) is 23.8 Å². The number of halogens is 3. The Bertz CT molecular complexity index is 2140. The van der Waals surface area contributed by atoms with Crippen molar-refractivity contribution in [2.24, 2.45) is 0 Å². The molecule has 5 saturated heterocycles. The third kappa shape index (κ3) is 5.21. The first-order valence-corrected chi connectivity index (χ1v) is 18.3. The summed E-state index contributed by atoms with van der Waals surface area (Å²) in [5.74, 6) is -1.97. The summed E-state index contributed by atoms with van der Waals surface area (Å²) >= 11 is 0. The Kier molecular flexibility index (Phi) is 7.88. The molecule has 0 bridgehead atoms. The van der Waals surface area contributed by atoms with Crippen molar-refractivity contribution in [1.29, 1.82) is 0 Å². The summed E-state index contributed by atoms with van der Waals surface area (Å²) < 4.78 is 62.7. The first-order valence-electron chi connectivity index (χ1n) is 18.3. The van der Waals surface area contributed by atoms with Crippen LogP contribution in [0.15, 0.2) is 18.3 Å². The number of alkyl halides is 1. The number of aryl methyl sites for hydroxylation is 1. The highest BCUT2D eigenvalue weighted by molar-refractivity contribution is 6.08. The number of fused-ring (bicyclic) bond motifs is 3. The Morgan fingerprint density at radius 1 is 1.04 bits per heavy atom. The number of nitrogens with zero attached hydrogens (tertiary/aromatic N) is 6. The zero-order valence-electron chi connectivity index (χ0n) is 29.2. The van der Waals surface area contributed by atoms with Gasteiger partial charge >= 0.3 is 12.0 Å². The molecular formula is C37H41F3N8O4. The Balaban J connectivity index is 1.19. The lowest BCUT2D eigenvalue weighted by molar-refractivity contribution is -0.124. The van der Waals surface area contributed by atoms with Crippen LogP contribution < -0.4 is 20.3 Å². The number of urea groups is 1. The molecule has 1 spiro atoms. The molecule has 12 nitrogen and oxygen atoms in total. The van der Waals surface area contributed by atoms with E-state index in [0.29, 0.717) is 55.5 Å². The SMILES string of the molecule is Cc1cc2c(cnn2C2CCCCO2)c(-c2c(F)cc3c(N4CCC[C@]5(C4)NC(=O)NC5=O)nc(OC[C@@]45CCCN4C[C@H](F)C5)nc3c2F)c1C. The third-order valence-electron chi connectivity index (χ3n) is 12.0. The average Bonchev–Trinajstić information content (AvgIpc) is 3.86. The molecular weight excluding hydrogens is 677 g/mol. The number of piperidine rings is 1. The molecule has 4 atom stereocenters. The normalized spacial score (nSPS) is 27.9. The number of hydrogen-bond acceptors (Lipinski definition) is 9. The monoisotopic (exact) mass is 718 g/mol. The summed E-state index contributed by atoms with van der Waals surface area (Å²) in [5.41, 5.74) is 0.497. The summed E-state index contributed by atoms with van der Waals surface area (Å²) in [6.07, 6.45) is 6.03. The first kappa shape index (κ1) is 33.3. The topological polar surface area (TPSA) is 127 Å². The second-order valence-corrected chi connectivity index (χ2v) is 15.2. The molecule has 2 N–H and O–H groups in total. The van der Waals surface area contributed by atoms with E-state index >= 15 is 8.78 Å². The molecule has 3 amide bonds. The highest BCUT2D eigenvalue weighted by Gasteiger charge is 2.51. The minimum absolute atomic E-state index is 0.0302. The molecule has 4 aromatic rings. The fourth-order valence-electron chi connectivity index (χ4n) is 9.28. The average molecular weight is 719 g/mol. The number of carbonyl (C=O) groups excluding carboxylic acids is 2. The molecule has 0 aliphatic carbocycles. The van der Waals surface area contributed by atoms with Gasteiger partial charge in [0.25, 0.3) is 5.91 Å². The number of aromatic nitrogens is 4. The van der Waals surface area contributed by atoms with Crippen LogP contribution in [0.25, 0.3) is 32.9 Å². The number of hydrogen-bond donors (Lipinski definition) is 2. The lowest BCUT2D eigenvalue weighted by atomic mass is 9.89. The summed E-state index contributed by atoms with van der Waals surface area (Å²) in [6.45, 7) is 6.00. The molecule has 1 unspecified atom stereocenters. The number of carbonyl (C=O) groups is 2. The van der Waals surface area contributed by atoms with Crippen molar-refractivity contribution in [2.75, 3.05) is 44.3 Å². The molecule has 15 heteroatoms. The number of ether oxygens (including phenoxy) is 2. The van der Waals surface area contributed by atoms with Gasteiger partial charge in [-0.25, -0.2) is 22.6 Å². The van der Waals surface area contributed by atoms with Gasteiger partial charge in [-0.15, -0.1) is 0 Å². The molecule has 2 aromatic carbocycles. The summed E-state index contributed by atoms with van der Waals surface area (Å²) in [6, 6.07) is 2.50. The standard InChI is InChI=1S/C37H41F3N8O4/c1-20-13-26-24(16-41-48(26)27-7-3-4-12-51-27)28(21(20)2)29-25(39)14-23-31(30(29)40)42-35(52-19-36-8-5-11-47(36)17-22(38)15-36)43-32(23)46-10-6-9-37(18-46)33(49)44-34(50)45-37/h13-14,16,22,27H,3-12,15,17-19H2,1-2H3,(H2,44,45,49,50)/t22-,27?,36+,37-/m1/s1. The molecule has 2 aromatic heterocycles. The van der Waals surface area contributed by atoms with E-state index < -0.39 is 40.8 Å². The quantitative estimate of drug-likeness (QED) is 0.253. The van der Waals surface area contributed by atoms with Gasteiger partial charge in [-0.05, 0) is 88.6 Å². The van der Waals surface area contributed by atoms with Crippen molar-refractivity contribution >= 4 is 39.6 Å². The van der Waals surface area contributed by atoms with Crippen LogP contribution in [-0.4, -0.2) is 93.2 Å². The van der Waals surface area contributed by atoms with Crippen LogP contribution in [0.2, 0.25) is 0 Å². The number of imide groups is 1. The number of amides is 3. The highest BCUT2D eigenvalue weighted by Crippen LogP contribution is 2.44. The second kappa shape index (κ2) is 12.3. The van der Waals surface area contributed by atoms with Crippen molar-refractivity contribution in [3.8, 4) is 17.1 Å². The molecule has 7 heterocycles. The van der Waals surface area contributed by atoms with E-state index in [2.05, 4.69) is 25.6 Å². The molecule has 5 aliphatic heterocycles. The fraction of sp³-hybridized carbons (Fsp3) is 0.541. The van der Waals surface area contributed by atoms with E-state index in [-0.39, 0.29) is 47.7 Å². The van der Waals surface area contributed by atoms with E-state index in [0.717, 1.165) is 49.7 Å². The first-order chi connectivity index (χ1) is 25.1. The van der Waals surface area contributed by atoms with Crippen molar-refractivity contribution < 1.29 is 32.2 Å². The lowest BCUT2D eigenvalue weighted by Crippen LogP contribution is -2.58. The Morgan fingerprint density at radius 3 is 2.67 bits per heavy atom. The zero-order valence-corrected chi connectivity index (χ0v) is 29.2. The van der Waals surface area contributed by atoms with Gasteiger partial charge in [-0.2, -0.15) is 15.1 Å². The molecule has 5 fully saturated rings. The molecule has 52 heavy (non-hydrogen) atoms. The Labute approximate surface area is 298 Å². The molecule has 274 valence electrons. The Morgan fingerprint density at radius 2 is 1.88 bits per heavy atom. The van der Waals surface area contributed by atoms with Crippen LogP contribution in [0, 0.1) is 25.5 Å². The van der Waals surface area contributed by atoms with Gasteiger partial charge < -0.3 is 19.7 Å². The summed E-state index contributed by atoms with van der Waals surface area (Å²) in [5, 5.41) is 10.4. The van der Waals surface area contributed by atoms with Crippen LogP contribution in [0.5, 0.6) is 6.01 Å². The van der Waals surface area contributed by atoms with Crippen molar-refractivity contribution in [3.05, 3.63) is 41.1 Å². The smallest absolute Gasteiger partial charge is 0.322 e. The zero-order chi connectivity index (χ0) is 35.9. The van der Waals surface area contributed by atoms with Crippen molar-refractivity contribution in [2.45, 2.75) is 88.7 Å². The van der Waals surface area contributed by atoms with Crippen LogP contribution >= 0.6 is 0 Å². The van der Waals surface area contributed by atoms with Gasteiger partial charge in [0.1, 0.15) is 35.5 Å². The number of nitrogens with one attached hydrogen (secondary N) is 2. The molecule has 5 aliphatic rings. The number of anilines is 1. The summed E-state index contributed by atoms with van der Waals surface area (Å²) in [4.78, 5) is 38.3. The van der Waals surface area contributed by atoms with Crippen LogP contribution in [-0.2, 0) is 9.53 Å². The lowest BCUT2D eigenvalue weighted by Gasteiger charge is -2.39. The van der Waals surface area contributed by atoms with E-state index in [9.17, 15) is 14.0 Å². The van der Waals surface area contributed by atoms with E-state index in [4.69, 9.17) is 14.5 Å². The largest absolute Gasteiger partial charge is 0.461 e.